The Bertz CT molecular complexity index is 514. The largest absolute Gasteiger partial charge is 0.0804 e. The second-order valence-corrected chi connectivity index (χ2v) is 6.70. The van der Waals surface area contributed by atoms with Crippen molar-refractivity contribution in [1.29, 1.82) is 0 Å². The van der Waals surface area contributed by atoms with Crippen LogP contribution in [0.3, 0.4) is 0 Å². The summed E-state index contributed by atoms with van der Waals surface area (Å²) >= 11 is 0. The summed E-state index contributed by atoms with van der Waals surface area (Å²) in [5, 5.41) is 0. The Balaban J connectivity index is 2.16. The highest BCUT2D eigenvalue weighted by molar-refractivity contribution is 5.28. The zero-order valence-corrected chi connectivity index (χ0v) is 15.3. The van der Waals surface area contributed by atoms with Gasteiger partial charge in [-0.25, -0.2) is 0 Å². The quantitative estimate of drug-likeness (QED) is 0.398. The molecule has 0 saturated carbocycles. The van der Waals surface area contributed by atoms with Gasteiger partial charge >= 0.3 is 0 Å². The van der Waals surface area contributed by atoms with Gasteiger partial charge in [0.25, 0.3) is 0 Å². The van der Waals surface area contributed by atoms with E-state index >= 15 is 0 Å². The van der Waals surface area contributed by atoms with Crippen LogP contribution in [-0.4, -0.2) is 0 Å². The third-order valence-corrected chi connectivity index (χ3v) is 4.77. The molecule has 0 heterocycles. The van der Waals surface area contributed by atoms with Crippen LogP contribution < -0.4 is 0 Å². The molecule has 0 aliphatic carbocycles. The second kappa shape index (κ2) is 10.9. The summed E-state index contributed by atoms with van der Waals surface area (Å²) in [5.74, 6) is 1.08. The zero-order valence-electron chi connectivity index (χ0n) is 15.3. The van der Waals surface area contributed by atoms with Gasteiger partial charge in [-0.05, 0) is 24.0 Å². The first-order valence-electron chi connectivity index (χ1n) is 9.63. The SMILES string of the molecule is CCCCC(C=CC(CCCC)c1ccccc1)c1ccccc1. The van der Waals surface area contributed by atoms with E-state index in [1.165, 1.54) is 49.7 Å². The van der Waals surface area contributed by atoms with Crippen LogP contribution in [0.1, 0.15) is 75.3 Å². The molecule has 2 unspecified atom stereocenters. The summed E-state index contributed by atoms with van der Waals surface area (Å²) in [7, 11) is 0. The predicted octanol–water partition coefficient (Wildman–Crippen LogP) is 7.49. The summed E-state index contributed by atoms with van der Waals surface area (Å²) in [6, 6.07) is 21.9. The maximum Gasteiger partial charge on any atom is 0.00181 e. The molecular weight excluding hydrogens is 288 g/mol. The summed E-state index contributed by atoms with van der Waals surface area (Å²) in [4.78, 5) is 0. The van der Waals surface area contributed by atoms with Crippen LogP contribution in [0.4, 0.5) is 0 Å². The molecule has 0 heteroatoms. The zero-order chi connectivity index (χ0) is 17.0. The van der Waals surface area contributed by atoms with E-state index in [4.69, 9.17) is 0 Å². The maximum absolute atomic E-state index is 2.47. The van der Waals surface area contributed by atoms with Crippen molar-refractivity contribution >= 4 is 0 Å². The first kappa shape index (κ1) is 18.5. The highest BCUT2D eigenvalue weighted by atomic mass is 14.2. The van der Waals surface area contributed by atoms with Gasteiger partial charge in [0.1, 0.15) is 0 Å². The third-order valence-electron chi connectivity index (χ3n) is 4.77. The molecular formula is C24H32. The minimum atomic E-state index is 0.541. The third kappa shape index (κ3) is 6.00. The molecule has 128 valence electrons. The molecule has 2 rings (SSSR count). The smallest absolute Gasteiger partial charge is 0.00181 e. The molecule has 0 radical (unpaired) electrons. The van der Waals surface area contributed by atoms with Crippen LogP contribution in [0.15, 0.2) is 72.8 Å². The van der Waals surface area contributed by atoms with Crippen molar-refractivity contribution in [2.45, 2.75) is 64.2 Å². The van der Waals surface area contributed by atoms with Gasteiger partial charge in [-0.15, -0.1) is 0 Å². The summed E-state index contributed by atoms with van der Waals surface area (Å²) in [5.41, 5.74) is 2.90. The number of rotatable bonds is 10. The van der Waals surface area contributed by atoms with Crippen LogP contribution in [0.25, 0.3) is 0 Å². The Hall–Kier alpha value is -1.82. The van der Waals surface area contributed by atoms with Gasteiger partial charge < -0.3 is 0 Å². The van der Waals surface area contributed by atoms with Gasteiger partial charge in [0, 0.05) is 11.8 Å². The fourth-order valence-corrected chi connectivity index (χ4v) is 3.26. The minimum absolute atomic E-state index is 0.541. The fraction of sp³-hybridized carbons (Fsp3) is 0.417. The Morgan fingerprint density at radius 1 is 0.625 bits per heavy atom. The summed E-state index contributed by atoms with van der Waals surface area (Å²) in [6.45, 7) is 4.56. The molecule has 0 aromatic heterocycles. The van der Waals surface area contributed by atoms with Crippen molar-refractivity contribution in [3.05, 3.63) is 83.9 Å². The van der Waals surface area contributed by atoms with Crippen LogP contribution in [0.5, 0.6) is 0 Å². The number of unbranched alkanes of at least 4 members (excludes halogenated alkanes) is 2. The van der Waals surface area contributed by atoms with E-state index in [1.807, 2.05) is 0 Å². The van der Waals surface area contributed by atoms with Crippen LogP contribution in [-0.2, 0) is 0 Å². The molecule has 2 atom stereocenters. The molecule has 0 amide bonds. The molecule has 0 fully saturated rings. The second-order valence-electron chi connectivity index (χ2n) is 6.70. The van der Waals surface area contributed by atoms with E-state index in [-0.39, 0.29) is 0 Å². The average molecular weight is 321 g/mol. The van der Waals surface area contributed by atoms with Crippen molar-refractivity contribution in [3.63, 3.8) is 0 Å². The van der Waals surface area contributed by atoms with Gasteiger partial charge in [-0.3, -0.25) is 0 Å². The molecule has 0 aliphatic rings. The van der Waals surface area contributed by atoms with Gasteiger partial charge in [0.2, 0.25) is 0 Å². The van der Waals surface area contributed by atoms with E-state index in [0.717, 1.165) is 0 Å². The van der Waals surface area contributed by atoms with E-state index in [0.29, 0.717) is 11.8 Å². The standard InChI is InChI=1S/C24H32/c1-3-5-13-23(21-15-9-7-10-16-21)19-20-24(14-6-4-2)22-17-11-8-12-18-22/h7-12,15-20,23-24H,3-6,13-14H2,1-2H3. The molecule has 2 aromatic carbocycles. The monoisotopic (exact) mass is 320 g/mol. The van der Waals surface area contributed by atoms with Crippen molar-refractivity contribution in [1.82, 2.24) is 0 Å². The van der Waals surface area contributed by atoms with Crippen molar-refractivity contribution < 1.29 is 0 Å². The van der Waals surface area contributed by atoms with E-state index in [9.17, 15) is 0 Å². The van der Waals surface area contributed by atoms with E-state index in [2.05, 4.69) is 86.7 Å². The lowest BCUT2D eigenvalue weighted by Gasteiger charge is -2.17. The van der Waals surface area contributed by atoms with E-state index < -0.39 is 0 Å². The normalized spacial score (nSPS) is 13.9. The van der Waals surface area contributed by atoms with Crippen LogP contribution in [0.2, 0.25) is 0 Å². The topological polar surface area (TPSA) is 0 Å². The average Bonchev–Trinajstić information content (AvgIpc) is 2.65. The van der Waals surface area contributed by atoms with Gasteiger partial charge in [-0.2, -0.15) is 0 Å². The lowest BCUT2D eigenvalue weighted by Crippen LogP contribution is -1.99. The first-order valence-corrected chi connectivity index (χ1v) is 9.63. The van der Waals surface area contributed by atoms with E-state index in [1.54, 1.807) is 0 Å². The molecule has 0 spiro atoms. The number of hydrogen-bond acceptors (Lipinski definition) is 0. The van der Waals surface area contributed by atoms with Gasteiger partial charge in [-0.1, -0.05) is 112 Å². The van der Waals surface area contributed by atoms with Crippen LogP contribution in [0, 0.1) is 0 Å². The van der Waals surface area contributed by atoms with Gasteiger partial charge in [0.05, 0.1) is 0 Å². The summed E-state index contributed by atoms with van der Waals surface area (Å²) < 4.78 is 0. The Kier molecular flexibility index (Phi) is 8.38. The lowest BCUT2D eigenvalue weighted by molar-refractivity contribution is 0.643. The molecule has 24 heavy (non-hydrogen) atoms. The number of benzene rings is 2. The molecule has 2 aromatic rings. The highest BCUT2D eigenvalue weighted by Crippen LogP contribution is 2.28. The predicted molar refractivity (Wildman–Crippen MR) is 107 cm³/mol. The Morgan fingerprint density at radius 3 is 1.33 bits per heavy atom. The molecule has 0 aliphatic heterocycles. The highest BCUT2D eigenvalue weighted by Gasteiger charge is 2.11. The summed E-state index contributed by atoms with van der Waals surface area (Å²) in [6.07, 6.45) is 12.5. The maximum atomic E-state index is 2.47. The van der Waals surface area contributed by atoms with Crippen molar-refractivity contribution in [3.8, 4) is 0 Å². The van der Waals surface area contributed by atoms with Crippen LogP contribution >= 0.6 is 0 Å². The molecule has 0 bridgehead atoms. The lowest BCUT2D eigenvalue weighted by atomic mass is 9.88. The number of allylic oxidation sites excluding steroid dienone is 2. The molecule has 0 nitrogen and oxygen atoms in total. The Morgan fingerprint density at radius 2 is 1.00 bits per heavy atom. The fourth-order valence-electron chi connectivity index (χ4n) is 3.26. The molecule has 0 N–H and O–H groups in total. The van der Waals surface area contributed by atoms with Crippen molar-refractivity contribution in [2.75, 3.05) is 0 Å². The number of hydrogen-bond donors (Lipinski definition) is 0. The van der Waals surface area contributed by atoms with Crippen molar-refractivity contribution in [2.24, 2.45) is 0 Å². The Labute approximate surface area is 148 Å². The first-order chi connectivity index (χ1) is 11.8. The van der Waals surface area contributed by atoms with Gasteiger partial charge in [0.15, 0.2) is 0 Å². The molecule has 0 saturated heterocycles. The minimum Gasteiger partial charge on any atom is -0.0804 e.